The molecule has 15 heavy (non-hydrogen) atoms. The van der Waals surface area contributed by atoms with Gasteiger partial charge in [0.15, 0.2) is 0 Å². The van der Waals surface area contributed by atoms with Crippen LogP contribution in [0.15, 0.2) is 16.8 Å². The largest absolute Gasteiger partial charge is 0.300 e. The first-order valence-corrected chi connectivity index (χ1v) is 6.44. The molecule has 1 aromatic rings. The lowest BCUT2D eigenvalue weighted by Crippen LogP contribution is -2.27. The lowest BCUT2D eigenvalue weighted by molar-refractivity contribution is -0.117. The van der Waals surface area contributed by atoms with Crippen molar-refractivity contribution in [2.75, 3.05) is 6.54 Å². The summed E-state index contributed by atoms with van der Waals surface area (Å²) in [6.07, 6.45) is 3.31. The number of nitrogens with zero attached hydrogens (tertiary/aromatic N) is 1. The first-order valence-electron chi connectivity index (χ1n) is 5.50. The van der Waals surface area contributed by atoms with Gasteiger partial charge in [-0.25, -0.2) is 0 Å². The maximum atomic E-state index is 11.0. The maximum Gasteiger partial charge on any atom is 0.131 e. The Kier molecular flexibility index (Phi) is 3.54. The summed E-state index contributed by atoms with van der Waals surface area (Å²) in [5.74, 6) is 0.297. The normalized spacial score (nSPS) is 15.9. The fourth-order valence-corrected chi connectivity index (χ4v) is 2.41. The van der Waals surface area contributed by atoms with Crippen LogP contribution in [0.3, 0.4) is 0 Å². The third-order valence-corrected chi connectivity index (χ3v) is 3.51. The van der Waals surface area contributed by atoms with Crippen LogP contribution in [0, 0.1) is 0 Å². The first-order chi connectivity index (χ1) is 7.25. The Morgan fingerprint density at radius 3 is 2.93 bits per heavy atom. The summed E-state index contributed by atoms with van der Waals surface area (Å²) in [6, 6.07) is 2.91. The molecule has 0 spiro atoms. The smallest absolute Gasteiger partial charge is 0.131 e. The van der Waals surface area contributed by atoms with Crippen LogP contribution >= 0.6 is 11.3 Å². The van der Waals surface area contributed by atoms with E-state index in [0.717, 1.165) is 19.1 Å². The fourth-order valence-electron chi connectivity index (χ4n) is 1.75. The van der Waals surface area contributed by atoms with Crippen LogP contribution in [0.5, 0.6) is 0 Å². The minimum absolute atomic E-state index is 0.297. The first kappa shape index (κ1) is 10.8. The molecule has 0 N–H and O–H groups in total. The molecule has 0 aromatic carbocycles. The molecule has 0 saturated heterocycles. The minimum Gasteiger partial charge on any atom is -0.300 e. The van der Waals surface area contributed by atoms with Crippen molar-refractivity contribution in [3.05, 3.63) is 22.4 Å². The molecular formula is C12H17NOS. The van der Waals surface area contributed by atoms with E-state index in [1.807, 2.05) is 0 Å². The van der Waals surface area contributed by atoms with Crippen molar-refractivity contribution in [3.63, 3.8) is 0 Å². The summed E-state index contributed by atoms with van der Waals surface area (Å²) in [5, 5.41) is 4.31. The number of thiophene rings is 1. The molecule has 0 atom stereocenters. The lowest BCUT2D eigenvalue weighted by Gasteiger charge is -2.20. The summed E-state index contributed by atoms with van der Waals surface area (Å²) < 4.78 is 0. The molecule has 1 heterocycles. The highest BCUT2D eigenvalue weighted by Crippen LogP contribution is 2.28. The summed E-state index contributed by atoms with van der Waals surface area (Å²) in [4.78, 5) is 13.4. The quantitative estimate of drug-likeness (QED) is 0.739. The summed E-state index contributed by atoms with van der Waals surface area (Å²) >= 11 is 1.74. The third kappa shape index (κ3) is 3.43. The molecule has 82 valence electrons. The van der Waals surface area contributed by atoms with Gasteiger partial charge in [-0.3, -0.25) is 9.69 Å². The summed E-state index contributed by atoms with van der Waals surface area (Å²) in [5.41, 5.74) is 1.38. The molecule has 0 amide bonds. The Bertz CT molecular complexity index is 316. The molecule has 1 aliphatic rings. The number of hydrogen-bond acceptors (Lipinski definition) is 3. The molecule has 0 unspecified atom stereocenters. The van der Waals surface area contributed by atoms with E-state index in [9.17, 15) is 4.79 Å². The lowest BCUT2D eigenvalue weighted by atomic mass is 10.2. The highest BCUT2D eigenvalue weighted by molar-refractivity contribution is 7.07. The SMILES string of the molecule is CC(=O)CCN(Cc1ccsc1)C1CC1. The second-order valence-corrected chi connectivity index (χ2v) is 5.07. The van der Waals surface area contributed by atoms with Crippen molar-refractivity contribution >= 4 is 17.1 Å². The van der Waals surface area contributed by atoms with E-state index in [1.165, 1.54) is 18.4 Å². The molecule has 0 aliphatic heterocycles. The van der Waals surface area contributed by atoms with Gasteiger partial charge in [0.1, 0.15) is 5.78 Å². The molecule has 0 bridgehead atoms. The van der Waals surface area contributed by atoms with Crippen LogP contribution in [0.25, 0.3) is 0 Å². The maximum absolute atomic E-state index is 11.0. The van der Waals surface area contributed by atoms with Crippen LogP contribution in [-0.2, 0) is 11.3 Å². The molecule has 3 heteroatoms. The van der Waals surface area contributed by atoms with Gasteiger partial charge in [0.25, 0.3) is 0 Å². The molecule has 2 nitrogen and oxygen atoms in total. The molecule has 0 radical (unpaired) electrons. The Morgan fingerprint density at radius 1 is 1.60 bits per heavy atom. The van der Waals surface area contributed by atoms with E-state index in [2.05, 4.69) is 21.7 Å². The van der Waals surface area contributed by atoms with Gasteiger partial charge in [-0.1, -0.05) is 0 Å². The second kappa shape index (κ2) is 4.90. The summed E-state index contributed by atoms with van der Waals surface area (Å²) in [7, 11) is 0. The van der Waals surface area contributed by atoms with E-state index in [1.54, 1.807) is 18.3 Å². The van der Waals surface area contributed by atoms with Crippen molar-refractivity contribution < 1.29 is 4.79 Å². The zero-order valence-corrected chi connectivity index (χ0v) is 9.93. The Balaban J connectivity index is 1.86. The van der Waals surface area contributed by atoms with Crippen LogP contribution in [-0.4, -0.2) is 23.3 Å². The average Bonchev–Trinajstić information content (AvgIpc) is 2.91. The molecule has 1 saturated carbocycles. The highest BCUT2D eigenvalue weighted by atomic mass is 32.1. The van der Waals surface area contributed by atoms with Gasteiger partial charge < -0.3 is 0 Å². The van der Waals surface area contributed by atoms with E-state index in [0.29, 0.717) is 12.2 Å². The number of Topliss-reactive ketones (excluding diaryl/α,β-unsaturated/α-hetero) is 1. The number of rotatable bonds is 6. The highest BCUT2D eigenvalue weighted by Gasteiger charge is 2.28. The fraction of sp³-hybridized carbons (Fsp3) is 0.583. The molecule has 2 rings (SSSR count). The predicted molar refractivity (Wildman–Crippen MR) is 63.0 cm³/mol. The Labute approximate surface area is 94.9 Å². The van der Waals surface area contributed by atoms with E-state index < -0.39 is 0 Å². The van der Waals surface area contributed by atoms with Crippen molar-refractivity contribution in [1.82, 2.24) is 4.90 Å². The van der Waals surface area contributed by atoms with Crippen LogP contribution in [0.1, 0.15) is 31.7 Å². The van der Waals surface area contributed by atoms with E-state index in [-0.39, 0.29) is 0 Å². The Morgan fingerprint density at radius 2 is 2.40 bits per heavy atom. The van der Waals surface area contributed by atoms with Crippen molar-refractivity contribution in [1.29, 1.82) is 0 Å². The van der Waals surface area contributed by atoms with E-state index >= 15 is 0 Å². The number of hydrogen-bond donors (Lipinski definition) is 0. The Hall–Kier alpha value is -0.670. The standard InChI is InChI=1S/C12H17NOS/c1-10(14)4-6-13(12-2-3-12)8-11-5-7-15-9-11/h5,7,9,12H,2-4,6,8H2,1H3. The topological polar surface area (TPSA) is 20.3 Å². The molecular weight excluding hydrogens is 206 g/mol. The average molecular weight is 223 g/mol. The van der Waals surface area contributed by atoms with Gasteiger partial charge in [0.05, 0.1) is 0 Å². The monoisotopic (exact) mass is 223 g/mol. The van der Waals surface area contributed by atoms with E-state index in [4.69, 9.17) is 0 Å². The zero-order chi connectivity index (χ0) is 10.7. The van der Waals surface area contributed by atoms with Crippen molar-refractivity contribution in [2.24, 2.45) is 0 Å². The predicted octanol–water partition coefficient (Wildman–Crippen LogP) is 2.69. The van der Waals surface area contributed by atoms with Crippen LogP contribution in [0.2, 0.25) is 0 Å². The summed E-state index contributed by atoms with van der Waals surface area (Å²) in [6.45, 7) is 3.62. The van der Waals surface area contributed by atoms with Gasteiger partial charge in [0, 0.05) is 25.6 Å². The van der Waals surface area contributed by atoms with Gasteiger partial charge in [-0.2, -0.15) is 11.3 Å². The molecule has 1 fully saturated rings. The number of carbonyl (C=O) groups is 1. The van der Waals surface area contributed by atoms with Gasteiger partial charge in [-0.05, 0) is 42.2 Å². The van der Waals surface area contributed by atoms with Crippen LogP contribution < -0.4 is 0 Å². The zero-order valence-electron chi connectivity index (χ0n) is 9.11. The van der Waals surface area contributed by atoms with Crippen LogP contribution in [0.4, 0.5) is 0 Å². The van der Waals surface area contributed by atoms with Crippen molar-refractivity contribution in [2.45, 2.75) is 38.8 Å². The van der Waals surface area contributed by atoms with Gasteiger partial charge >= 0.3 is 0 Å². The molecule has 1 aliphatic carbocycles. The number of ketones is 1. The number of carbonyl (C=O) groups excluding carboxylic acids is 1. The van der Waals surface area contributed by atoms with Gasteiger partial charge in [-0.15, -0.1) is 0 Å². The van der Waals surface area contributed by atoms with Gasteiger partial charge in [0.2, 0.25) is 0 Å². The van der Waals surface area contributed by atoms with Crippen molar-refractivity contribution in [3.8, 4) is 0 Å². The second-order valence-electron chi connectivity index (χ2n) is 4.29. The minimum atomic E-state index is 0.297. The third-order valence-electron chi connectivity index (χ3n) is 2.78. The molecule has 1 aromatic heterocycles.